The maximum atomic E-state index is 9.79. The molecule has 0 amide bonds. The van der Waals surface area contributed by atoms with Gasteiger partial charge in [0.05, 0.1) is 6.10 Å². The van der Waals surface area contributed by atoms with Crippen molar-refractivity contribution in [1.82, 2.24) is 0 Å². The van der Waals surface area contributed by atoms with Gasteiger partial charge in [-0.05, 0) is 37.0 Å². The molecule has 0 saturated carbocycles. The maximum Gasteiger partial charge on any atom is 0.119 e. The molecule has 0 aromatic heterocycles. The van der Waals surface area contributed by atoms with Crippen LogP contribution in [-0.2, 0) is 6.42 Å². The lowest BCUT2D eigenvalue weighted by Crippen LogP contribution is -2.18. The van der Waals surface area contributed by atoms with Crippen molar-refractivity contribution in [1.29, 1.82) is 0 Å². The Kier molecular flexibility index (Phi) is 7.99. The Morgan fingerprint density at radius 1 is 1.37 bits per heavy atom. The first-order valence-corrected chi connectivity index (χ1v) is 7.10. The number of aliphatic hydroxyl groups is 1. The summed E-state index contributed by atoms with van der Waals surface area (Å²) in [6.45, 7) is 6.22. The average molecular weight is 261 g/mol. The van der Waals surface area contributed by atoms with Gasteiger partial charge in [0.2, 0.25) is 0 Å². The Balaban J connectivity index is 2.27. The quantitative estimate of drug-likeness (QED) is 0.510. The Morgan fingerprint density at radius 2 is 2.21 bits per heavy atom. The SMILES string of the molecule is C=CCc1cccc(OCC(O)[CH]CCCCC)c1. The van der Waals surface area contributed by atoms with E-state index >= 15 is 0 Å². The molecule has 1 aromatic rings. The monoisotopic (exact) mass is 261 g/mol. The molecule has 0 saturated heterocycles. The molecule has 1 radical (unpaired) electrons. The maximum absolute atomic E-state index is 9.79. The van der Waals surface area contributed by atoms with Gasteiger partial charge in [0.25, 0.3) is 0 Å². The summed E-state index contributed by atoms with van der Waals surface area (Å²) in [5, 5.41) is 9.79. The molecule has 0 heterocycles. The first kappa shape index (κ1) is 15.8. The van der Waals surface area contributed by atoms with Crippen LogP contribution < -0.4 is 4.74 Å². The molecule has 0 aliphatic rings. The highest BCUT2D eigenvalue weighted by Gasteiger charge is 2.05. The van der Waals surface area contributed by atoms with E-state index < -0.39 is 6.10 Å². The van der Waals surface area contributed by atoms with Gasteiger partial charge in [-0.25, -0.2) is 0 Å². The largest absolute Gasteiger partial charge is 0.491 e. The number of benzene rings is 1. The molecule has 0 aliphatic heterocycles. The lowest BCUT2D eigenvalue weighted by atomic mass is 10.1. The highest BCUT2D eigenvalue weighted by molar-refractivity contribution is 5.29. The third-order valence-corrected chi connectivity index (χ3v) is 2.95. The van der Waals surface area contributed by atoms with Crippen LogP contribution >= 0.6 is 0 Å². The fraction of sp³-hybridized carbons (Fsp3) is 0.471. The molecule has 0 fully saturated rings. The third kappa shape index (κ3) is 7.02. The number of rotatable bonds is 10. The molecule has 2 nitrogen and oxygen atoms in total. The molecule has 0 aliphatic carbocycles. The van der Waals surface area contributed by atoms with E-state index in [2.05, 4.69) is 13.5 Å². The summed E-state index contributed by atoms with van der Waals surface area (Å²) in [5.74, 6) is 0.806. The molecule has 105 valence electrons. The minimum Gasteiger partial charge on any atom is -0.491 e. The number of aliphatic hydroxyl groups excluding tert-OH is 1. The molecule has 1 aromatic carbocycles. The number of allylic oxidation sites excluding steroid dienone is 1. The molecule has 1 atom stereocenters. The highest BCUT2D eigenvalue weighted by atomic mass is 16.5. The van der Waals surface area contributed by atoms with Crippen LogP contribution in [0.1, 0.15) is 38.2 Å². The smallest absolute Gasteiger partial charge is 0.119 e. The number of hydrogen-bond acceptors (Lipinski definition) is 2. The van der Waals surface area contributed by atoms with Crippen LogP contribution in [0.15, 0.2) is 36.9 Å². The molecule has 0 bridgehead atoms. The van der Waals surface area contributed by atoms with Gasteiger partial charge >= 0.3 is 0 Å². The standard InChI is InChI=1S/C17H25O2/c1-3-5-6-7-11-16(18)14-19-17-12-8-10-15(13-17)9-4-2/h4,8,10-13,16,18H,2-3,5-7,9,14H2,1H3. The second-order valence-corrected chi connectivity index (χ2v) is 4.75. The van der Waals surface area contributed by atoms with E-state index in [-0.39, 0.29) is 0 Å². The highest BCUT2D eigenvalue weighted by Crippen LogP contribution is 2.15. The zero-order chi connectivity index (χ0) is 13.9. The van der Waals surface area contributed by atoms with E-state index in [1.807, 2.05) is 36.8 Å². The predicted molar refractivity (Wildman–Crippen MR) is 80.3 cm³/mol. The molecule has 1 unspecified atom stereocenters. The zero-order valence-electron chi connectivity index (χ0n) is 11.8. The van der Waals surface area contributed by atoms with E-state index in [0.717, 1.165) is 25.0 Å². The van der Waals surface area contributed by atoms with Gasteiger partial charge in [-0.3, -0.25) is 0 Å². The second-order valence-electron chi connectivity index (χ2n) is 4.75. The molecule has 2 heteroatoms. The van der Waals surface area contributed by atoms with E-state index in [9.17, 15) is 5.11 Å². The van der Waals surface area contributed by atoms with Gasteiger partial charge in [-0.2, -0.15) is 0 Å². The fourth-order valence-corrected chi connectivity index (χ4v) is 1.88. The van der Waals surface area contributed by atoms with Gasteiger partial charge in [-0.15, -0.1) is 6.58 Å². The summed E-state index contributed by atoms with van der Waals surface area (Å²) in [7, 11) is 0. The number of ether oxygens (including phenoxy) is 1. The van der Waals surface area contributed by atoms with Crippen molar-refractivity contribution in [3.8, 4) is 5.75 Å². The molecule has 19 heavy (non-hydrogen) atoms. The minimum atomic E-state index is -0.486. The van der Waals surface area contributed by atoms with Crippen molar-refractivity contribution in [2.24, 2.45) is 0 Å². The molecule has 0 spiro atoms. The topological polar surface area (TPSA) is 29.5 Å². The second kappa shape index (κ2) is 9.62. The Hall–Kier alpha value is -1.28. The molecular weight excluding hydrogens is 236 g/mol. The summed E-state index contributed by atoms with van der Waals surface area (Å²) in [5.41, 5.74) is 1.17. The number of unbranched alkanes of at least 4 members (excludes halogenated alkanes) is 3. The summed E-state index contributed by atoms with van der Waals surface area (Å²) in [4.78, 5) is 0. The van der Waals surface area contributed by atoms with Gasteiger partial charge in [0.1, 0.15) is 12.4 Å². The lowest BCUT2D eigenvalue weighted by Gasteiger charge is -2.12. The predicted octanol–water partition coefficient (Wildman–Crippen LogP) is 3.94. The van der Waals surface area contributed by atoms with Crippen molar-refractivity contribution >= 4 is 0 Å². The van der Waals surface area contributed by atoms with Crippen LogP contribution in [0.3, 0.4) is 0 Å². The Bertz CT molecular complexity index is 360. The van der Waals surface area contributed by atoms with Crippen LogP contribution in [0.5, 0.6) is 5.75 Å². The molecular formula is C17H25O2. The first-order valence-electron chi connectivity index (χ1n) is 7.10. The van der Waals surface area contributed by atoms with Crippen LogP contribution in [0, 0.1) is 6.42 Å². The van der Waals surface area contributed by atoms with Crippen LogP contribution in [0.2, 0.25) is 0 Å². The van der Waals surface area contributed by atoms with E-state index in [4.69, 9.17) is 4.74 Å². The zero-order valence-corrected chi connectivity index (χ0v) is 11.8. The third-order valence-electron chi connectivity index (χ3n) is 2.95. The average Bonchev–Trinajstić information content (AvgIpc) is 2.42. The van der Waals surface area contributed by atoms with E-state index in [1.54, 1.807) is 0 Å². The van der Waals surface area contributed by atoms with E-state index in [0.29, 0.717) is 6.61 Å². The van der Waals surface area contributed by atoms with Crippen molar-refractivity contribution in [2.75, 3.05) is 6.61 Å². The summed E-state index contributed by atoms with van der Waals surface area (Å²) in [6.07, 6.45) is 8.67. The van der Waals surface area contributed by atoms with E-state index in [1.165, 1.54) is 18.4 Å². The number of hydrogen-bond donors (Lipinski definition) is 1. The normalized spacial score (nSPS) is 12.1. The van der Waals surface area contributed by atoms with Gasteiger partial charge in [-0.1, -0.05) is 44.4 Å². The Labute approximate surface area is 117 Å². The molecule has 1 N–H and O–H groups in total. The lowest BCUT2D eigenvalue weighted by molar-refractivity contribution is 0.129. The summed E-state index contributed by atoms with van der Waals surface area (Å²) < 4.78 is 5.60. The first-order chi connectivity index (χ1) is 9.26. The van der Waals surface area contributed by atoms with Gasteiger partial charge in [0, 0.05) is 0 Å². The summed E-state index contributed by atoms with van der Waals surface area (Å²) in [6, 6.07) is 7.91. The van der Waals surface area contributed by atoms with Crippen LogP contribution in [0.25, 0.3) is 0 Å². The summed E-state index contributed by atoms with van der Waals surface area (Å²) >= 11 is 0. The fourth-order valence-electron chi connectivity index (χ4n) is 1.88. The minimum absolute atomic E-state index is 0.323. The molecule has 1 rings (SSSR count). The van der Waals surface area contributed by atoms with Gasteiger partial charge in [0.15, 0.2) is 0 Å². The Morgan fingerprint density at radius 3 is 2.95 bits per heavy atom. The van der Waals surface area contributed by atoms with Crippen LogP contribution in [0.4, 0.5) is 0 Å². The van der Waals surface area contributed by atoms with Crippen molar-refractivity contribution in [3.05, 3.63) is 48.9 Å². The van der Waals surface area contributed by atoms with Crippen molar-refractivity contribution < 1.29 is 9.84 Å². The van der Waals surface area contributed by atoms with Crippen molar-refractivity contribution in [2.45, 2.75) is 45.1 Å². The van der Waals surface area contributed by atoms with Crippen LogP contribution in [-0.4, -0.2) is 17.8 Å². The van der Waals surface area contributed by atoms with Gasteiger partial charge < -0.3 is 9.84 Å². The van der Waals surface area contributed by atoms with Crippen molar-refractivity contribution in [3.63, 3.8) is 0 Å².